The number of rotatable bonds is 8. The molecule has 2 amide bonds. The summed E-state index contributed by atoms with van der Waals surface area (Å²) in [4.78, 5) is 24.9. The van der Waals surface area contributed by atoms with Gasteiger partial charge in [-0.3, -0.25) is 19.0 Å². The lowest BCUT2D eigenvalue weighted by atomic mass is 10.0. The molecule has 8 nitrogen and oxygen atoms in total. The van der Waals surface area contributed by atoms with Crippen molar-refractivity contribution in [2.24, 2.45) is 14.1 Å². The molecule has 0 fully saturated rings. The number of halogens is 8. The molecule has 0 radical (unpaired) electrons. The van der Waals surface area contributed by atoms with Crippen LogP contribution in [0.25, 0.3) is 22.3 Å². The number of alkyl halides is 4. The molecule has 0 saturated heterocycles. The number of hydrogen-bond donors (Lipinski definition) is 2. The zero-order chi connectivity index (χ0) is 37.7. The molecule has 0 aliphatic rings. The van der Waals surface area contributed by atoms with Crippen molar-refractivity contribution >= 4 is 46.4 Å². The van der Waals surface area contributed by atoms with E-state index in [9.17, 15) is 35.9 Å². The molecule has 0 aliphatic heterocycles. The Hall–Kier alpha value is -5.60. The van der Waals surface area contributed by atoms with Crippen LogP contribution in [0.5, 0.6) is 0 Å². The van der Waals surface area contributed by atoms with E-state index in [1.165, 1.54) is 43.3 Å². The van der Waals surface area contributed by atoms with E-state index in [0.29, 0.717) is 26.9 Å². The molecule has 2 N–H and O–H groups in total. The Kier molecular flexibility index (Phi) is 11.7. The number of para-hydroxylation sites is 2. The molecule has 16 heteroatoms. The highest BCUT2D eigenvalue weighted by molar-refractivity contribution is 6.36. The predicted molar refractivity (Wildman–Crippen MR) is 186 cm³/mol. The van der Waals surface area contributed by atoms with Crippen LogP contribution in [0.3, 0.4) is 0 Å². The van der Waals surface area contributed by atoms with Gasteiger partial charge in [0.25, 0.3) is 24.7 Å². The summed E-state index contributed by atoms with van der Waals surface area (Å²) in [6.07, 6.45) is -3.34. The van der Waals surface area contributed by atoms with Gasteiger partial charge in [-0.25, -0.2) is 26.3 Å². The number of aryl methyl sites for hydroxylation is 2. The number of hydrogen-bond acceptors (Lipinski definition) is 4. The maximum absolute atomic E-state index is 14.1. The summed E-state index contributed by atoms with van der Waals surface area (Å²) in [6.45, 7) is 0. The van der Waals surface area contributed by atoms with Gasteiger partial charge in [-0.1, -0.05) is 65.7 Å². The van der Waals surface area contributed by atoms with Crippen molar-refractivity contribution < 1.29 is 35.9 Å². The van der Waals surface area contributed by atoms with Crippen LogP contribution in [-0.4, -0.2) is 31.4 Å². The van der Waals surface area contributed by atoms with Gasteiger partial charge in [-0.15, -0.1) is 0 Å². The Bertz CT molecular complexity index is 2260. The molecule has 52 heavy (non-hydrogen) atoms. The van der Waals surface area contributed by atoms with E-state index in [0.717, 1.165) is 22.9 Å². The molecule has 4 aromatic carbocycles. The van der Waals surface area contributed by atoms with Gasteiger partial charge in [0, 0.05) is 70.2 Å². The third-order valence-corrected chi connectivity index (χ3v) is 7.96. The maximum Gasteiger partial charge on any atom is 0.282 e. The van der Waals surface area contributed by atoms with E-state index in [1.807, 2.05) is 0 Å². The standard InChI is InChI=1S/C18H13Cl2F2N3O.C18H13F4N3O/c1-25-9-13(16(24-25)17(21)22)18(26)23-15-5-3-2-4-12(15)11-7-6-10(19)8-14(11)20;1-25-9-13(16(24-25)17(21)22)18(26)23-15-5-3-2-4-11(15)12-8-10(19)6-7-14(12)20/h2*2-9,17H,1H3,(H,23,26). The van der Waals surface area contributed by atoms with Crippen LogP contribution < -0.4 is 10.6 Å². The number of nitrogens with one attached hydrogen (secondary N) is 2. The van der Waals surface area contributed by atoms with Gasteiger partial charge < -0.3 is 10.6 Å². The van der Waals surface area contributed by atoms with E-state index in [4.69, 9.17) is 23.2 Å². The smallest absolute Gasteiger partial charge is 0.282 e. The Morgan fingerprint density at radius 3 is 1.60 bits per heavy atom. The molecule has 6 aromatic rings. The van der Waals surface area contributed by atoms with Crippen molar-refractivity contribution in [1.29, 1.82) is 0 Å². The molecule has 268 valence electrons. The van der Waals surface area contributed by atoms with Crippen molar-refractivity contribution in [2.75, 3.05) is 10.6 Å². The second kappa shape index (κ2) is 16.2. The molecular formula is C36H26Cl2F6N6O2. The molecule has 0 aliphatic carbocycles. The quantitative estimate of drug-likeness (QED) is 0.151. The highest BCUT2D eigenvalue weighted by Crippen LogP contribution is 2.36. The highest BCUT2D eigenvalue weighted by Gasteiger charge is 2.25. The lowest BCUT2D eigenvalue weighted by molar-refractivity contribution is 0.100. The average molecular weight is 760 g/mol. The second-order valence-electron chi connectivity index (χ2n) is 11.1. The van der Waals surface area contributed by atoms with E-state index in [-0.39, 0.29) is 27.9 Å². The third kappa shape index (κ3) is 8.64. The summed E-state index contributed by atoms with van der Waals surface area (Å²) >= 11 is 12.2. The molecule has 0 spiro atoms. The first-order valence-corrected chi connectivity index (χ1v) is 15.8. The van der Waals surface area contributed by atoms with E-state index >= 15 is 0 Å². The topological polar surface area (TPSA) is 93.8 Å². The predicted octanol–water partition coefficient (Wildman–Crippen LogP) is 10.1. The number of aromatic nitrogens is 4. The molecular weight excluding hydrogens is 733 g/mol. The van der Waals surface area contributed by atoms with E-state index in [1.54, 1.807) is 54.6 Å². The number of amides is 2. The average Bonchev–Trinajstić information content (AvgIpc) is 3.70. The first kappa shape index (κ1) is 37.7. The zero-order valence-corrected chi connectivity index (χ0v) is 28.5. The summed E-state index contributed by atoms with van der Waals surface area (Å²) in [5.74, 6) is -2.82. The van der Waals surface area contributed by atoms with Crippen molar-refractivity contribution in [3.63, 3.8) is 0 Å². The minimum Gasteiger partial charge on any atom is -0.321 e. The summed E-state index contributed by atoms with van der Waals surface area (Å²) < 4.78 is 82.1. The number of carbonyl (C=O) groups excluding carboxylic acids is 2. The molecule has 0 bridgehead atoms. The van der Waals surface area contributed by atoms with Gasteiger partial charge >= 0.3 is 0 Å². The maximum atomic E-state index is 14.1. The largest absolute Gasteiger partial charge is 0.321 e. The number of anilines is 2. The van der Waals surface area contributed by atoms with Crippen LogP contribution in [-0.2, 0) is 14.1 Å². The van der Waals surface area contributed by atoms with Crippen LogP contribution in [0.15, 0.2) is 97.3 Å². The number of carbonyl (C=O) groups is 2. The monoisotopic (exact) mass is 758 g/mol. The SMILES string of the molecule is Cn1cc(C(=O)Nc2ccccc2-c2cc(F)ccc2F)c(C(F)F)n1.Cn1cc(C(=O)Nc2ccccc2-c2ccc(Cl)cc2Cl)c(C(F)F)n1. The summed E-state index contributed by atoms with van der Waals surface area (Å²) in [5.41, 5.74) is 0.374. The third-order valence-electron chi connectivity index (χ3n) is 7.41. The molecule has 2 heterocycles. The Balaban J connectivity index is 0.000000201. The molecule has 0 unspecified atom stereocenters. The van der Waals surface area contributed by atoms with Crippen LogP contribution >= 0.6 is 23.2 Å². The van der Waals surface area contributed by atoms with Gasteiger partial charge in [-0.2, -0.15) is 10.2 Å². The van der Waals surface area contributed by atoms with E-state index < -0.39 is 47.7 Å². The van der Waals surface area contributed by atoms with Gasteiger partial charge in [-0.05, 0) is 42.5 Å². The number of benzene rings is 4. The minimum absolute atomic E-state index is 0.0545. The summed E-state index contributed by atoms with van der Waals surface area (Å²) in [6, 6.07) is 21.0. The van der Waals surface area contributed by atoms with Crippen molar-refractivity contribution in [3.05, 3.63) is 142 Å². The lowest BCUT2D eigenvalue weighted by Crippen LogP contribution is -2.14. The van der Waals surface area contributed by atoms with Crippen molar-refractivity contribution in [1.82, 2.24) is 19.6 Å². The van der Waals surface area contributed by atoms with Crippen molar-refractivity contribution in [2.45, 2.75) is 12.9 Å². The fraction of sp³-hybridized carbons (Fsp3) is 0.111. The normalized spacial score (nSPS) is 11.0. The fourth-order valence-electron chi connectivity index (χ4n) is 5.13. The van der Waals surface area contributed by atoms with E-state index in [2.05, 4.69) is 20.8 Å². The first-order valence-electron chi connectivity index (χ1n) is 15.1. The van der Waals surface area contributed by atoms with Crippen molar-refractivity contribution in [3.8, 4) is 22.3 Å². The summed E-state index contributed by atoms with van der Waals surface area (Å²) in [5, 5.41) is 13.2. The van der Waals surface area contributed by atoms with Crippen LogP contribution in [0.2, 0.25) is 10.0 Å². The minimum atomic E-state index is -2.92. The Morgan fingerprint density at radius 2 is 1.12 bits per heavy atom. The fourth-order valence-corrected chi connectivity index (χ4v) is 5.64. The molecule has 0 atom stereocenters. The Morgan fingerprint density at radius 1 is 0.635 bits per heavy atom. The Labute approximate surface area is 302 Å². The second-order valence-corrected chi connectivity index (χ2v) is 11.9. The van der Waals surface area contributed by atoms with Gasteiger partial charge in [0.15, 0.2) is 0 Å². The van der Waals surface area contributed by atoms with Gasteiger partial charge in [0.2, 0.25) is 0 Å². The molecule has 2 aromatic heterocycles. The lowest BCUT2D eigenvalue weighted by Gasteiger charge is -2.12. The number of nitrogens with zero attached hydrogens (tertiary/aromatic N) is 4. The van der Waals surface area contributed by atoms with Gasteiger partial charge in [0.05, 0.1) is 11.1 Å². The molecule has 0 saturated carbocycles. The molecule has 6 rings (SSSR count). The first-order chi connectivity index (χ1) is 24.7. The van der Waals surface area contributed by atoms with Gasteiger partial charge in [0.1, 0.15) is 23.0 Å². The highest BCUT2D eigenvalue weighted by atomic mass is 35.5. The summed E-state index contributed by atoms with van der Waals surface area (Å²) in [7, 11) is 2.89. The zero-order valence-electron chi connectivity index (χ0n) is 27.0. The van der Waals surface area contributed by atoms with Crippen LogP contribution in [0.1, 0.15) is 45.0 Å². The van der Waals surface area contributed by atoms with Crippen LogP contribution in [0.4, 0.5) is 37.7 Å². The van der Waals surface area contributed by atoms with Crippen LogP contribution in [0, 0.1) is 11.6 Å².